The molecule has 8 heteroatoms. The van der Waals surface area contributed by atoms with Gasteiger partial charge in [-0.3, -0.25) is 9.79 Å². The Kier molecular flexibility index (Phi) is 7.98. The molecule has 1 saturated heterocycles. The van der Waals surface area contributed by atoms with Crippen LogP contribution in [0.25, 0.3) is 0 Å². The highest BCUT2D eigenvalue weighted by Gasteiger charge is 2.25. The Morgan fingerprint density at radius 3 is 2.58 bits per heavy atom. The van der Waals surface area contributed by atoms with Crippen LogP contribution < -0.4 is 30.3 Å². The van der Waals surface area contributed by atoms with Crippen molar-refractivity contribution in [3.63, 3.8) is 0 Å². The Balaban J connectivity index is 1.42. The lowest BCUT2D eigenvalue weighted by molar-refractivity contribution is -0.120. The van der Waals surface area contributed by atoms with E-state index in [1.54, 1.807) is 21.3 Å². The van der Waals surface area contributed by atoms with Crippen LogP contribution in [0.2, 0.25) is 0 Å². The molecule has 2 aromatic carbocycles. The van der Waals surface area contributed by atoms with E-state index >= 15 is 0 Å². The van der Waals surface area contributed by atoms with Crippen molar-refractivity contribution in [2.75, 3.05) is 45.8 Å². The lowest BCUT2D eigenvalue weighted by Crippen LogP contribution is -2.47. The Bertz CT molecular complexity index is 885. The predicted molar refractivity (Wildman–Crippen MR) is 123 cm³/mol. The van der Waals surface area contributed by atoms with Crippen LogP contribution in [0.1, 0.15) is 12.0 Å². The standard InChI is InChI=1S/C23H31N5O3/c1-24-23(26-15-22(29)25-14-17-8-10-19(30-2)11-9-17)27-18-12-13-28(16-18)20-6-4-5-7-21(20)31-3/h4-11,18H,12-16H2,1-3H3,(H,25,29)(H2,24,26,27). The van der Waals surface area contributed by atoms with Crippen molar-refractivity contribution >= 4 is 17.6 Å². The molecular formula is C23H31N5O3. The van der Waals surface area contributed by atoms with Gasteiger partial charge in [-0.05, 0) is 36.2 Å². The number of benzene rings is 2. The van der Waals surface area contributed by atoms with Crippen molar-refractivity contribution in [3.05, 3.63) is 54.1 Å². The number of hydrogen-bond acceptors (Lipinski definition) is 5. The van der Waals surface area contributed by atoms with Crippen molar-refractivity contribution in [1.29, 1.82) is 0 Å². The third-order valence-corrected chi connectivity index (χ3v) is 5.24. The van der Waals surface area contributed by atoms with Gasteiger partial charge in [0.1, 0.15) is 11.5 Å². The molecule has 3 rings (SSSR count). The van der Waals surface area contributed by atoms with E-state index in [0.29, 0.717) is 12.5 Å². The Morgan fingerprint density at radius 2 is 1.87 bits per heavy atom. The predicted octanol–water partition coefficient (Wildman–Crippen LogP) is 1.76. The largest absolute Gasteiger partial charge is 0.497 e. The van der Waals surface area contributed by atoms with Crippen molar-refractivity contribution in [2.45, 2.75) is 19.0 Å². The summed E-state index contributed by atoms with van der Waals surface area (Å²) in [6.07, 6.45) is 0.975. The van der Waals surface area contributed by atoms with Gasteiger partial charge in [-0.1, -0.05) is 24.3 Å². The van der Waals surface area contributed by atoms with Crippen LogP contribution in [0.4, 0.5) is 5.69 Å². The third kappa shape index (κ3) is 6.28. The summed E-state index contributed by atoms with van der Waals surface area (Å²) < 4.78 is 10.6. The summed E-state index contributed by atoms with van der Waals surface area (Å²) in [6, 6.07) is 15.9. The topological polar surface area (TPSA) is 87.2 Å². The number of hydrogen-bond donors (Lipinski definition) is 3. The van der Waals surface area contributed by atoms with Gasteiger partial charge in [-0.2, -0.15) is 0 Å². The van der Waals surface area contributed by atoms with E-state index in [2.05, 4.69) is 31.9 Å². The van der Waals surface area contributed by atoms with Gasteiger partial charge in [-0.25, -0.2) is 0 Å². The van der Waals surface area contributed by atoms with Gasteiger partial charge in [0.05, 0.1) is 26.5 Å². The van der Waals surface area contributed by atoms with E-state index in [9.17, 15) is 4.79 Å². The second kappa shape index (κ2) is 11.1. The summed E-state index contributed by atoms with van der Waals surface area (Å²) in [5, 5.41) is 9.40. The third-order valence-electron chi connectivity index (χ3n) is 5.24. The zero-order valence-electron chi connectivity index (χ0n) is 18.4. The smallest absolute Gasteiger partial charge is 0.239 e. The Hall–Kier alpha value is -3.42. The summed E-state index contributed by atoms with van der Waals surface area (Å²) >= 11 is 0. The number of amides is 1. The normalized spacial score (nSPS) is 16.0. The van der Waals surface area contributed by atoms with Crippen LogP contribution in [0.5, 0.6) is 11.5 Å². The summed E-state index contributed by atoms with van der Waals surface area (Å²) in [5.74, 6) is 2.19. The SMILES string of the molecule is CN=C(NCC(=O)NCc1ccc(OC)cc1)NC1CCN(c2ccccc2OC)C1. The fourth-order valence-corrected chi connectivity index (χ4v) is 3.55. The Labute approximate surface area is 183 Å². The second-order valence-electron chi connectivity index (χ2n) is 7.30. The zero-order valence-corrected chi connectivity index (χ0v) is 18.4. The first kappa shape index (κ1) is 22.3. The maximum Gasteiger partial charge on any atom is 0.239 e. The molecule has 8 nitrogen and oxygen atoms in total. The molecule has 31 heavy (non-hydrogen) atoms. The maximum absolute atomic E-state index is 12.2. The first-order chi connectivity index (χ1) is 15.1. The van der Waals surface area contributed by atoms with Crippen LogP contribution in [0, 0.1) is 0 Å². The fourth-order valence-electron chi connectivity index (χ4n) is 3.55. The number of para-hydroxylation sites is 2. The molecule has 1 heterocycles. The first-order valence-corrected chi connectivity index (χ1v) is 10.4. The van der Waals surface area contributed by atoms with Crippen LogP contribution >= 0.6 is 0 Å². The van der Waals surface area contributed by atoms with Crippen molar-refractivity contribution in [2.24, 2.45) is 4.99 Å². The molecule has 166 valence electrons. The van der Waals surface area contributed by atoms with Crippen LogP contribution in [-0.2, 0) is 11.3 Å². The fraction of sp³-hybridized carbons (Fsp3) is 0.391. The van der Waals surface area contributed by atoms with Gasteiger partial charge >= 0.3 is 0 Å². The number of rotatable bonds is 8. The molecule has 1 amide bonds. The zero-order chi connectivity index (χ0) is 22.1. The minimum atomic E-state index is -0.0964. The summed E-state index contributed by atoms with van der Waals surface area (Å²) in [4.78, 5) is 18.7. The number of carbonyl (C=O) groups is 1. The summed E-state index contributed by atoms with van der Waals surface area (Å²) in [7, 11) is 5.03. The van der Waals surface area contributed by atoms with Crippen molar-refractivity contribution < 1.29 is 14.3 Å². The average Bonchev–Trinajstić information content (AvgIpc) is 3.29. The quantitative estimate of drug-likeness (QED) is 0.441. The van der Waals surface area contributed by atoms with Gasteiger partial charge in [-0.15, -0.1) is 0 Å². The molecule has 1 atom stereocenters. The molecule has 1 unspecified atom stereocenters. The van der Waals surface area contributed by atoms with E-state index in [-0.39, 0.29) is 18.5 Å². The molecule has 3 N–H and O–H groups in total. The molecule has 0 bridgehead atoms. The number of anilines is 1. The molecule has 2 aromatic rings. The van der Waals surface area contributed by atoms with Crippen LogP contribution in [0.3, 0.4) is 0 Å². The van der Waals surface area contributed by atoms with Gasteiger partial charge < -0.3 is 30.3 Å². The number of nitrogens with one attached hydrogen (secondary N) is 3. The number of methoxy groups -OCH3 is 2. The molecule has 0 aliphatic carbocycles. The lowest BCUT2D eigenvalue weighted by Gasteiger charge is -2.22. The molecule has 1 fully saturated rings. The molecule has 0 aromatic heterocycles. The van der Waals surface area contributed by atoms with Crippen molar-refractivity contribution in [3.8, 4) is 11.5 Å². The van der Waals surface area contributed by atoms with Crippen molar-refractivity contribution in [1.82, 2.24) is 16.0 Å². The van der Waals surface area contributed by atoms with E-state index in [1.165, 1.54) is 0 Å². The van der Waals surface area contributed by atoms with Gasteiger partial charge in [0.15, 0.2) is 5.96 Å². The number of guanidine groups is 1. The highest BCUT2D eigenvalue weighted by molar-refractivity contribution is 5.86. The highest BCUT2D eigenvalue weighted by Crippen LogP contribution is 2.30. The molecule has 0 saturated carbocycles. The van der Waals surface area contributed by atoms with Crippen LogP contribution in [0.15, 0.2) is 53.5 Å². The minimum Gasteiger partial charge on any atom is -0.497 e. The first-order valence-electron chi connectivity index (χ1n) is 10.4. The number of aliphatic imine (C=N–C) groups is 1. The minimum absolute atomic E-state index is 0.0964. The number of ether oxygens (including phenoxy) is 2. The van der Waals surface area contributed by atoms with Gasteiger partial charge in [0.2, 0.25) is 5.91 Å². The monoisotopic (exact) mass is 425 g/mol. The number of nitrogens with zero attached hydrogens (tertiary/aromatic N) is 2. The number of carbonyl (C=O) groups excluding carboxylic acids is 1. The molecule has 0 radical (unpaired) electrons. The molecule has 1 aliphatic rings. The van der Waals surface area contributed by atoms with E-state index in [1.807, 2.05) is 42.5 Å². The lowest BCUT2D eigenvalue weighted by atomic mass is 10.2. The highest BCUT2D eigenvalue weighted by atomic mass is 16.5. The van der Waals surface area contributed by atoms with E-state index in [4.69, 9.17) is 9.47 Å². The molecule has 0 spiro atoms. The van der Waals surface area contributed by atoms with Gasteiger partial charge in [0.25, 0.3) is 0 Å². The summed E-state index contributed by atoms with van der Waals surface area (Å²) in [6.45, 7) is 2.38. The maximum atomic E-state index is 12.2. The van der Waals surface area contributed by atoms with Gasteiger partial charge in [0, 0.05) is 32.7 Å². The van der Waals surface area contributed by atoms with Crippen LogP contribution in [-0.4, -0.2) is 58.8 Å². The second-order valence-corrected chi connectivity index (χ2v) is 7.30. The van der Waals surface area contributed by atoms with E-state index in [0.717, 1.165) is 42.3 Å². The van der Waals surface area contributed by atoms with E-state index < -0.39 is 0 Å². The summed E-state index contributed by atoms with van der Waals surface area (Å²) in [5.41, 5.74) is 2.11. The molecular weight excluding hydrogens is 394 g/mol. The Morgan fingerprint density at radius 1 is 1.10 bits per heavy atom. The average molecular weight is 426 g/mol. The molecule has 1 aliphatic heterocycles.